The van der Waals surface area contributed by atoms with Crippen molar-refractivity contribution < 1.29 is 4.79 Å². The maximum Gasteiger partial charge on any atom is 0.142 e. The van der Waals surface area contributed by atoms with E-state index in [4.69, 9.17) is 5.73 Å². The third-order valence-corrected chi connectivity index (χ3v) is 5.34. The summed E-state index contributed by atoms with van der Waals surface area (Å²) < 4.78 is 2.08. The second-order valence-electron chi connectivity index (χ2n) is 6.76. The molecular weight excluding hydrogens is 262 g/mol. The van der Waals surface area contributed by atoms with Gasteiger partial charge in [0.05, 0.1) is 18.2 Å². The van der Waals surface area contributed by atoms with Crippen LogP contribution in [0.4, 0.5) is 0 Å². The van der Waals surface area contributed by atoms with E-state index in [1.54, 1.807) is 0 Å². The maximum absolute atomic E-state index is 12.6. The summed E-state index contributed by atoms with van der Waals surface area (Å²) in [4.78, 5) is 12.6. The molecule has 0 radical (unpaired) electrons. The SMILES string of the molecule is NCC1CCCCC1C(=O)Cc1ccn(C2CCCC2)n1. The second-order valence-corrected chi connectivity index (χ2v) is 6.76. The summed E-state index contributed by atoms with van der Waals surface area (Å²) in [5.41, 5.74) is 6.78. The van der Waals surface area contributed by atoms with Gasteiger partial charge in [-0.3, -0.25) is 9.48 Å². The smallest absolute Gasteiger partial charge is 0.142 e. The molecule has 2 atom stereocenters. The molecule has 1 aromatic heterocycles. The van der Waals surface area contributed by atoms with Crippen LogP contribution in [0.1, 0.15) is 63.1 Å². The standard InChI is InChI=1S/C17H27N3O/c18-12-13-5-1-4-8-16(13)17(21)11-14-9-10-20(19-14)15-6-2-3-7-15/h9-10,13,15-16H,1-8,11-12,18H2. The van der Waals surface area contributed by atoms with Crippen LogP contribution in [0, 0.1) is 11.8 Å². The highest BCUT2D eigenvalue weighted by molar-refractivity contribution is 5.83. The van der Waals surface area contributed by atoms with Crippen molar-refractivity contribution in [3.05, 3.63) is 18.0 Å². The Hall–Kier alpha value is -1.16. The van der Waals surface area contributed by atoms with Crippen molar-refractivity contribution in [3.8, 4) is 0 Å². The first kappa shape index (κ1) is 14.8. The molecule has 116 valence electrons. The number of rotatable bonds is 5. The van der Waals surface area contributed by atoms with Gasteiger partial charge in [-0.15, -0.1) is 0 Å². The average Bonchev–Trinajstić information content (AvgIpc) is 3.17. The number of ketones is 1. The van der Waals surface area contributed by atoms with Crippen molar-refractivity contribution >= 4 is 5.78 Å². The molecule has 2 saturated carbocycles. The molecule has 0 saturated heterocycles. The summed E-state index contributed by atoms with van der Waals surface area (Å²) in [6.07, 6.45) is 12.1. The molecule has 21 heavy (non-hydrogen) atoms. The van der Waals surface area contributed by atoms with E-state index in [1.165, 1.54) is 38.5 Å². The molecule has 2 N–H and O–H groups in total. The van der Waals surface area contributed by atoms with Gasteiger partial charge in [-0.05, 0) is 44.2 Å². The lowest BCUT2D eigenvalue weighted by Gasteiger charge is -2.29. The zero-order valence-corrected chi connectivity index (χ0v) is 12.8. The lowest BCUT2D eigenvalue weighted by molar-refractivity contribution is -0.124. The zero-order valence-electron chi connectivity index (χ0n) is 12.8. The van der Waals surface area contributed by atoms with Crippen LogP contribution >= 0.6 is 0 Å². The van der Waals surface area contributed by atoms with Crippen LogP contribution < -0.4 is 5.73 Å². The fourth-order valence-corrected chi connectivity index (χ4v) is 4.07. The minimum absolute atomic E-state index is 0.167. The summed E-state index contributed by atoms with van der Waals surface area (Å²) in [5.74, 6) is 0.908. The summed E-state index contributed by atoms with van der Waals surface area (Å²) >= 11 is 0. The molecule has 0 bridgehead atoms. The van der Waals surface area contributed by atoms with Gasteiger partial charge in [-0.2, -0.15) is 5.10 Å². The Morgan fingerprint density at radius 3 is 2.67 bits per heavy atom. The molecule has 3 rings (SSSR count). The van der Waals surface area contributed by atoms with Crippen LogP contribution in [0.2, 0.25) is 0 Å². The van der Waals surface area contributed by atoms with Gasteiger partial charge in [0.2, 0.25) is 0 Å². The Labute approximate surface area is 127 Å². The number of carbonyl (C=O) groups excluding carboxylic acids is 1. The van der Waals surface area contributed by atoms with Crippen molar-refractivity contribution in [2.75, 3.05) is 6.54 Å². The van der Waals surface area contributed by atoms with E-state index in [1.807, 2.05) is 6.07 Å². The van der Waals surface area contributed by atoms with E-state index in [0.29, 0.717) is 30.7 Å². The van der Waals surface area contributed by atoms with Gasteiger partial charge in [0.25, 0.3) is 0 Å². The van der Waals surface area contributed by atoms with Gasteiger partial charge in [-0.1, -0.05) is 25.7 Å². The van der Waals surface area contributed by atoms with Crippen LogP contribution in [0.25, 0.3) is 0 Å². The van der Waals surface area contributed by atoms with E-state index < -0.39 is 0 Å². The number of nitrogens with two attached hydrogens (primary N) is 1. The van der Waals surface area contributed by atoms with Gasteiger partial charge in [-0.25, -0.2) is 0 Å². The first-order chi connectivity index (χ1) is 10.3. The molecule has 2 aliphatic rings. The Morgan fingerprint density at radius 1 is 1.19 bits per heavy atom. The summed E-state index contributed by atoms with van der Waals surface area (Å²) in [7, 11) is 0. The van der Waals surface area contributed by atoms with E-state index in [9.17, 15) is 4.79 Å². The lowest BCUT2D eigenvalue weighted by Crippen LogP contribution is -2.33. The Balaban J connectivity index is 1.61. The molecule has 1 aromatic rings. The topological polar surface area (TPSA) is 60.9 Å². The summed E-state index contributed by atoms with van der Waals surface area (Å²) in [6, 6.07) is 2.58. The van der Waals surface area contributed by atoms with Crippen molar-refractivity contribution in [1.82, 2.24) is 9.78 Å². The van der Waals surface area contributed by atoms with Gasteiger partial charge in [0.15, 0.2) is 0 Å². The van der Waals surface area contributed by atoms with E-state index in [0.717, 1.165) is 18.5 Å². The quantitative estimate of drug-likeness (QED) is 0.906. The van der Waals surface area contributed by atoms with Crippen molar-refractivity contribution in [3.63, 3.8) is 0 Å². The van der Waals surface area contributed by atoms with E-state index in [-0.39, 0.29) is 5.92 Å². The minimum Gasteiger partial charge on any atom is -0.330 e. The van der Waals surface area contributed by atoms with Gasteiger partial charge < -0.3 is 5.73 Å². The maximum atomic E-state index is 12.6. The average molecular weight is 289 g/mol. The van der Waals surface area contributed by atoms with Crippen molar-refractivity contribution in [1.29, 1.82) is 0 Å². The highest BCUT2D eigenvalue weighted by Gasteiger charge is 2.30. The molecule has 2 unspecified atom stereocenters. The predicted octanol–water partition coefficient (Wildman–Crippen LogP) is 2.87. The third kappa shape index (κ3) is 3.37. The highest BCUT2D eigenvalue weighted by atomic mass is 16.1. The van der Waals surface area contributed by atoms with Crippen LogP contribution in [0.15, 0.2) is 12.3 Å². The summed E-state index contributed by atoms with van der Waals surface area (Å²) in [6.45, 7) is 0.646. The van der Waals surface area contributed by atoms with Crippen molar-refractivity contribution in [2.45, 2.75) is 63.8 Å². The monoisotopic (exact) mass is 289 g/mol. The number of aromatic nitrogens is 2. The van der Waals surface area contributed by atoms with Gasteiger partial charge in [0.1, 0.15) is 5.78 Å². The second kappa shape index (κ2) is 6.73. The first-order valence-electron chi connectivity index (χ1n) is 8.54. The van der Waals surface area contributed by atoms with Crippen molar-refractivity contribution in [2.24, 2.45) is 17.6 Å². The number of nitrogens with zero attached hydrogens (tertiary/aromatic N) is 2. The Morgan fingerprint density at radius 2 is 1.90 bits per heavy atom. The van der Waals surface area contributed by atoms with Gasteiger partial charge >= 0.3 is 0 Å². The predicted molar refractivity (Wildman–Crippen MR) is 82.9 cm³/mol. The first-order valence-corrected chi connectivity index (χ1v) is 8.54. The molecule has 0 aromatic carbocycles. The molecule has 2 fully saturated rings. The van der Waals surface area contributed by atoms with Crippen LogP contribution in [-0.4, -0.2) is 22.1 Å². The largest absolute Gasteiger partial charge is 0.330 e. The normalized spacial score (nSPS) is 27.1. The van der Waals surface area contributed by atoms with E-state index >= 15 is 0 Å². The number of hydrogen-bond acceptors (Lipinski definition) is 3. The molecule has 0 amide bonds. The van der Waals surface area contributed by atoms with Crippen LogP contribution in [0.3, 0.4) is 0 Å². The minimum atomic E-state index is 0.167. The molecule has 4 nitrogen and oxygen atoms in total. The fraction of sp³-hybridized carbons (Fsp3) is 0.765. The number of carbonyl (C=O) groups is 1. The lowest BCUT2D eigenvalue weighted by atomic mass is 9.76. The molecule has 0 aliphatic heterocycles. The highest BCUT2D eigenvalue weighted by Crippen LogP contribution is 2.31. The van der Waals surface area contributed by atoms with E-state index in [2.05, 4.69) is 16.0 Å². The van der Waals surface area contributed by atoms with Crippen LogP contribution in [-0.2, 0) is 11.2 Å². The summed E-state index contributed by atoms with van der Waals surface area (Å²) in [5, 5.41) is 4.64. The molecular formula is C17H27N3O. The molecule has 0 spiro atoms. The fourth-order valence-electron chi connectivity index (χ4n) is 4.07. The molecule has 4 heteroatoms. The zero-order chi connectivity index (χ0) is 14.7. The Kier molecular flexibility index (Phi) is 4.73. The van der Waals surface area contributed by atoms with Gasteiger partial charge in [0, 0.05) is 12.1 Å². The van der Waals surface area contributed by atoms with Crippen LogP contribution in [0.5, 0.6) is 0 Å². The molecule has 2 aliphatic carbocycles. The number of Topliss-reactive ketones (excluding diaryl/α,β-unsaturated/α-hetero) is 1. The number of hydrogen-bond donors (Lipinski definition) is 1. The third-order valence-electron chi connectivity index (χ3n) is 5.34. The Bertz CT molecular complexity index is 476. The molecule has 1 heterocycles.